The Bertz CT molecular complexity index is 1100. The van der Waals surface area contributed by atoms with Crippen LogP contribution in [0, 0.1) is 0 Å². The molecule has 2 N–H and O–H groups in total. The van der Waals surface area contributed by atoms with Crippen molar-refractivity contribution in [2.24, 2.45) is 0 Å². The fourth-order valence-electron chi connectivity index (χ4n) is 3.43. The van der Waals surface area contributed by atoms with Gasteiger partial charge in [-0.25, -0.2) is 13.2 Å². The molecule has 10 heteroatoms. The number of sulfonamides is 1. The van der Waals surface area contributed by atoms with E-state index in [4.69, 9.17) is 9.47 Å². The Morgan fingerprint density at radius 2 is 1.67 bits per heavy atom. The van der Waals surface area contributed by atoms with Gasteiger partial charge in [-0.05, 0) is 63.9 Å². The van der Waals surface area contributed by atoms with Gasteiger partial charge in [-0.15, -0.1) is 0 Å². The first-order valence-corrected chi connectivity index (χ1v) is 13.1. The number of nitrogens with one attached hydrogen (secondary N) is 1. The predicted octanol–water partition coefficient (Wildman–Crippen LogP) is 3.16. The Balaban J connectivity index is 2.32. The molecule has 2 atom stereocenters. The molecule has 2 rings (SSSR count). The van der Waals surface area contributed by atoms with Gasteiger partial charge in [0.2, 0.25) is 10.0 Å². The predicted molar refractivity (Wildman–Crippen MR) is 136 cm³/mol. The fraction of sp³-hybridized carbons (Fsp3) is 0.462. The molecule has 0 aliphatic carbocycles. The topological polar surface area (TPSA) is 122 Å². The molecule has 2 aromatic rings. The first-order chi connectivity index (χ1) is 16.8. The standard InChI is InChI=1S/C26H36N2O7S/c1-19(29)15-16-28(36(32,33)22-13-11-21(34-5)12-14-22)18-24(30)23(17-20-9-7-6-8-10-20)27-25(31)35-26(2,3)4/h6-14,23-24,30H,15-18H2,1-5H3,(H,27,31)/t23-,24+/m0/s1. The van der Waals surface area contributed by atoms with Crippen molar-refractivity contribution in [2.75, 3.05) is 20.2 Å². The Hall–Kier alpha value is -2.95. The van der Waals surface area contributed by atoms with Crippen molar-refractivity contribution >= 4 is 21.9 Å². The molecule has 0 radical (unpaired) electrons. The van der Waals surface area contributed by atoms with Crippen LogP contribution in [0.15, 0.2) is 59.5 Å². The highest BCUT2D eigenvalue weighted by Crippen LogP contribution is 2.21. The zero-order valence-corrected chi connectivity index (χ0v) is 22.2. The summed E-state index contributed by atoms with van der Waals surface area (Å²) in [6, 6.07) is 14.2. The molecule has 0 fully saturated rings. The second-order valence-corrected chi connectivity index (χ2v) is 11.4. The van der Waals surface area contributed by atoms with Gasteiger partial charge in [-0.3, -0.25) is 4.79 Å². The first kappa shape index (κ1) is 29.3. The van der Waals surface area contributed by atoms with E-state index in [-0.39, 0.29) is 36.6 Å². The normalized spacial score (nSPS) is 13.6. The number of ether oxygens (including phenoxy) is 2. The number of aliphatic hydroxyl groups excluding tert-OH is 1. The van der Waals surface area contributed by atoms with Crippen molar-refractivity contribution in [3.63, 3.8) is 0 Å². The molecular weight excluding hydrogens is 484 g/mol. The molecule has 9 nitrogen and oxygen atoms in total. The Kier molecular flexibility index (Phi) is 10.4. The highest BCUT2D eigenvalue weighted by Gasteiger charge is 2.32. The van der Waals surface area contributed by atoms with Crippen molar-refractivity contribution in [2.45, 2.75) is 63.2 Å². The van der Waals surface area contributed by atoms with Crippen molar-refractivity contribution < 1.29 is 32.6 Å². The lowest BCUT2D eigenvalue weighted by Crippen LogP contribution is -2.51. The third-order valence-corrected chi connectivity index (χ3v) is 7.15. The molecule has 0 saturated heterocycles. The van der Waals surface area contributed by atoms with Gasteiger partial charge in [0, 0.05) is 19.5 Å². The van der Waals surface area contributed by atoms with E-state index >= 15 is 0 Å². The molecule has 36 heavy (non-hydrogen) atoms. The van der Waals surface area contributed by atoms with Gasteiger partial charge < -0.3 is 19.9 Å². The van der Waals surface area contributed by atoms with Crippen LogP contribution in [0.5, 0.6) is 5.75 Å². The maximum atomic E-state index is 13.4. The van der Waals surface area contributed by atoms with Gasteiger partial charge in [0.05, 0.1) is 24.2 Å². The molecule has 0 bridgehead atoms. The van der Waals surface area contributed by atoms with Crippen LogP contribution < -0.4 is 10.1 Å². The summed E-state index contributed by atoms with van der Waals surface area (Å²) >= 11 is 0. The molecule has 0 unspecified atom stereocenters. The maximum Gasteiger partial charge on any atom is 0.407 e. The third-order valence-electron chi connectivity index (χ3n) is 5.27. The molecule has 0 aliphatic rings. The van der Waals surface area contributed by atoms with Crippen LogP contribution in [-0.4, -0.2) is 67.7 Å². The minimum absolute atomic E-state index is 0.00115. The van der Waals surface area contributed by atoms with Crippen LogP contribution >= 0.6 is 0 Å². The van der Waals surface area contributed by atoms with Crippen LogP contribution in [0.2, 0.25) is 0 Å². The number of benzene rings is 2. The van der Waals surface area contributed by atoms with E-state index < -0.39 is 33.9 Å². The highest BCUT2D eigenvalue weighted by molar-refractivity contribution is 7.89. The van der Waals surface area contributed by atoms with E-state index in [1.807, 2.05) is 30.3 Å². The van der Waals surface area contributed by atoms with Crippen LogP contribution in [0.3, 0.4) is 0 Å². The van der Waals surface area contributed by atoms with E-state index in [0.717, 1.165) is 9.87 Å². The summed E-state index contributed by atoms with van der Waals surface area (Å²) in [5.41, 5.74) is 0.0864. The Labute approximate surface area is 213 Å². The van der Waals surface area contributed by atoms with Crippen molar-refractivity contribution in [1.29, 1.82) is 0 Å². The smallest absolute Gasteiger partial charge is 0.407 e. The lowest BCUT2D eigenvalue weighted by molar-refractivity contribution is -0.117. The van der Waals surface area contributed by atoms with Gasteiger partial charge in [-0.1, -0.05) is 30.3 Å². The minimum atomic E-state index is -4.06. The number of hydrogen-bond acceptors (Lipinski definition) is 7. The minimum Gasteiger partial charge on any atom is -0.497 e. The molecule has 0 aromatic heterocycles. The number of Topliss-reactive ketones (excluding diaryl/α,β-unsaturated/α-hetero) is 1. The number of ketones is 1. The number of methoxy groups -OCH3 is 1. The molecule has 2 aromatic carbocycles. The van der Waals surface area contributed by atoms with Gasteiger partial charge in [-0.2, -0.15) is 4.31 Å². The second kappa shape index (κ2) is 12.8. The van der Waals surface area contributed by atoms with Crippen molar-refractivity contribution in [3.05, 3.63) is 60.2 Å². The average molecular weight is 521 g/mol. The third kappa shape index (κ3) is 9.25. The number of alkyl carbamates (subject to hydrolysis) is 1. The molecule has 0 saturated carbocycles. The lowest BCUT2D eigenvalue weighted by Gasteiger charge is -2.30. The number of carbonyl (C=O) groups is 2. The molecule has 0 spiro atoms. The zero-order chi connectivity index (χ0) is 26.9. The van der Waals surface area contributed by atoms with E-state index in [9.17, 15) is 23.1 Å². The van der Waals surface area contributed by atoms with Gasteiger partial charge >= 0.3 is 6.09 Å². The molecule has 0 heterocycles. The first-order valence-electron chi connectivity index (χ1n) is 11.7. The quantitative estimate of drug-likeness (QED) is 0.441. The SMILES string of the molecule is COc1ccc(S(=O)(=O)N(CCC(C)=O)C[C@@H](O)[C@H](Cc2ccccc2)NC(=O)OC(C)(C)C)cc1. The highest BCUT2D eigenvalue weighted by atomic mass is 32.2. The van der Waals surface area contributed by atoms with Crippen molar-refractivity contribution in [1.82, 2.24) is 9.62 Å². The summed E-state index contributed by atoms with van der Waals surface area (Å²) in [7, 11) is -2.58. The summed E-state index contributed by atoms with van der Waals surface area (Å²) < 4.78 is 38.4. The summed E-state index contributed by atoms with van der Waals surface area (Å²) in [4.78, 5) is 24.2. The number of amides is 1. The number of hydrogen-bond donors (Lipinski definition) is 2. The van der Waals surface area contributed by atoms with Crippen LogP contribution in [0.25, 0.3) is 0 Å². The number of aliphatic hydroxyl groups is 1. The monoisotopic (exact) mass is 520 g/mol. The van der Waals surface area contributed by atoms with Crippen LogP contribution in [0.1, 0.15) is 39.7 Å². The Morgan fingerprint density at radius 3 is 2.19 bits per heavy atom. The molecule has 1 amide bonds. The summed E-state index contributed by atoms with van der Waals surface area (Å²) in [6.45, 7) is 6.08. The molecule has 198 valence electrons. The van der Waals surface area contributed by atoms with E-state index in [0.29, 0.717) is 5.75 Å². The van der Waals surface area contributed by atoms with E-state index in [1.165, 1.54) is 38.3 Å². The lowest BCUT2D eigenvalue weighted by atomic mass is 10.0. The summed E-state index contributed by atoms with van der Waals surface area (Å²) in [5, 5.41) is 13.8. The fourth-order valence-corrected chi connectivity index (χ4v) is 4.89. The van der Waals surface area contributed by atoms with Crippen LogP contribution in [0.4, 0.5) is 4.79 Å². The second-order valence-electron chi connectivity index (χ2n) is 9.50. The van der Waals surface area contributed by atoms with Crippen LogP contribution in [-0.2, 0) is 26.0 Å². The van der Waals surface area contributed by atoms with E-state index in [2.05, 4.69) is 5.32 Å². The number of nitrogens with zero attached hydrogens (tertiary/aromatic N) is 1. The van der Waals surface area contributed by atoms with Gasteiger partial charge in [0.1, 0.15) is 17.1 Å². The van der Waals surface area contributed by atoms with Gasteiger partial charge in [0.25, 0.3) is 0 Å². The average Bonchev–Trinajstić information content (AvgIpc) is 2.80. The van der Waals surface area contributed by atoms with Crippen molar-refractivity contribution in [3.8, 4) is 5.75 Å². The molecule has 0 aliphatic heterocycles. The van der Waals surface area contributed by atoms with E-state index in [1.54, 1.807) is 20.8 Å². The Morgan fingerprint density at radius 1 is 1.06 bits per heavy atom. The number of rotatable bonds is 12. The largest absolute Gasteiger partial charge is 0.497 e. The molecular formula is C26H36N2O7S. The maximum absolute atomic E-state index is 13.4. The zero-order valence-electron chi connectivity index (χ0n) is 21.4. The van der Waals surface area contributed by atoms with Gasteiger partial charge in [0.15, 0.2) is 0 Å². The number of carbonyl (C=O) groups excluding carboxylic acids is 2. The summed E-state index contributed by atoms with van der Waals surface area (Å²) in [5.74, 6) is 0.306. The summed E-state index contributed by atoms with van der Waals surface area (Å²) in [6.07, 6.45) is -1.80.